The van der Waals surface area contributed by atoms with E-state index in [4.69, 9.17) is 9.47 Å². The third-order valence-electron chi connectivity index (χ3n) is 3.67. The highest BCUT2D eigenvalue weighted by atomic mass is 16.5. The predicted molar refractivity (Wildman–Crippen MR) is 84.1 cm³/mol. The Hall–Kier alpha value is -2.44. The van der Waals surface area contributed by atoms with Crippen LogP contribution in [0.5, 0.6) is 0 Å². The molecule has 0 spiro atoms. The SMILES string of the molecule is C=C1OC2=CC(C)=CC(C)C=C2C2=C1C=C(OC)C=C=C2. The molecule has 0 aromatic rings. The van der Waals surface area contributed by atoms with Crippen molar-refractivity contribution in [3.8, 4) is 0 Å². The molecular weight excluding hydrogens is 260 g/mol. The lowest BCUT2D eigenvalue weighted by molar-refractivity contribution is 0.302. The van der Waals surface area contributed by atoms with Crippen LogP contribution in [0.2, 0.25) is 0 Å². The summed E-state index contributed by atoms with van der Waals surface area (Å²) >= 11 is 0. The van der Waals surface area contributed by atoms with Crippen molar-refractivity contribution >= 4 is 0 Å². The lowest BCUT2D eigenvalue weighted by Gasteiger charge is -2.24. The van der Waals surface area contributed by atoms with Crippen LogP contribution in [0.15, 0.2) is 88.3 Å². The van der Waals surface area contributed by atoms with Crippen LogP contribution in [-0.2, 0) is 9.47 Å². The summed E-state index contributed by atoms with van der Waals surface area (Å²) in [4.78, 5) is 0. The zero-order valence-corrected chi connectivity index (χ0v) is 12.6. The molecule has 106 valence electrons. The maximum absolute atomic E-state index is 5.94. The van der Waals surface area contributed by atoms with Gasteiger partial charge in [-0.25, -0.2) is 0 Å². The molecule has 0 saturated carbocycles. The van der Waals surface area contributed by atoms with Gasteiger partial charge in [-0.3, -0.25) is 0 Å². The van der Waals surface area contributed by atoms with E-state index in [1.165, 1.54) is 5.57 Å². The van der Waals surface area contributed by atoms with E-state index in [1.54, 1.807) is 7.11 Å². The number of ether oxygens (including phenoxy) is 2. The van der Waals surface area contributed by atoms with Crippen LogP contribution in [-0.4, -0.2) is 7.11 Å². The van der Waals surface area contributed by atoms with E-state index >= 15 is 0 Å². The average Bonchev–Trinajstić information content (AvgIpc) is 2.72. The molecule has 0 amide bonds. The Morgan fingerprint density at radius 1 is 1.19 bits per heavy atom. The van der Waals surface area contributed by atoms with Crippen molar-refractivity contribution in [2.45, 2.75) is 13.8 Å². The molecule has 1 aliphatic heterocycles. The van der Waals surface area contributed by atoms with Crippen LogP contribution >= 0.6 is 0 Å². The zero-order valence-electron chi connectivity index (χ0n) is 12.6. The van der Waals surface area contributed by atoms with Crippen LogP contribution < -0.4 is 0 Å². The lowest BCUT2D eigenvalue weighted by atomic mass is 9.92. The van der Waals surface area contributed by atoms with Crippen LogP contribution in [0.25, 0.3) is 0 Å². The van der Waals surface area contributed by atoms with E-state index < -0.39 is 0 Å². The second-order valence-corrected chi connectivity index (χ2v) is 5.42. The summed E-state index contributed by atoms with van der Waals surface area (Å²) < 4.78 is 11.3. The van der Waals surface area contributed by atoms with Gasteiger partial charge in [0.15, 0.2) is 0 Å². The number of fused-ring (bicyclic) bond motifs is 2. The molecule has 1 unspecified atom stereocenters. The van der Waals surface area contributed by atoms with Crippen molar-refractivity contribution in [1.82, 2.24) is 0 Å². The van der Waals surface area contributed by atoms with Gasteiger partial charge in [0.05, 0.1) is 7.11 Å². The number of rotatable bonds is 1. The van der Waals surface area contributed by atoms with Gasteiger partial charge in [-0.15, -0.1) is 5.73 Å². The van der Waals surface area contributed by atoms with E-state index in [0.717, 1.165) is 28.2 Å². The number of methoxy groups -OCH3 is 1. The first kappa shape index (κ1) is 13.5. The summed E-state index contributed by atoms with van der Waals surface area (Å²) in [5.41, 5.74) is 7.48. The van der Waals surface area contributed by atoms with Crippen molar-refractivity contribution in [1.29, 1.82) is 0 Å². The Balaban J connectivity index is 2.22. The van der Waals surface area contributed by atoms with Gasteiger partial charge in [0.25, 0.3) is 0 Å². The third-order valence-corrected chi connectivity index (χ3v) is 3.67. The molecule has 0 aromatic heterocycles. The van der Waals surface area contributed by atoms with Crippen LogP contribution in [0.4, 0.5) is 0 Å². The van der Waals surface area contributed by atoms with Crippen LogP contribution in [0.3, 0.4) is 0 Å². The minimum atomic E-state index is 0.351. The molecular formula is C19H18O2. The summed E-state index contributed by atoms with van der Waals surface area (Å²) in [7, 11) is 1.65. The Morgan fingerprint density at radius 2 is 2.00 bits per heavy atom. The fraction of sp³-hybridized carbons (Fsp3) is 0.211. The Morgan fingerprint density at radius 3 is 2.76 bits per heavy atom. The summed E-state index contributed by atoms with van der Waals surface area (Å²) in [5, 5.41) is 0. The first-order valence-corrected chi connectivity index (χ1v) is 7.00. The first-order valence-electron chi connectivity index (χ1n) is 7.00. The highest BCUT2D eigenvalue weighted by Crippen LogP contribution is 2.39. The fourth-order valence-corrected chi connectivity index (χ4v) is 2.75. The number of hydrogen-bond acceptors (Lipinski definition) is 2. The largest absolute Gasteiger partial charge is 0.496 e. The minimum Gasteiger partial charge on any atom is -0.496 e. The van der Waals surface area contributed by atoms with E-state index in [9.17, 15) is 0 Å². The molecule has 1 atom stereocenters. The van der Waals surface area contributed by atoms with Crippen molar-refractivity contribution in [3.63, 3.8) is 0 Å². The Bertz CT molecular complexity index is 730. The van der Waals surface area contributed by atoms with Gasteiger partial charge >= 0.3 is 0 Å². The zero-order chi connectivity index (χ0) is 15.0. The Kier molecular flexibility index (Phi) is 3.32. The molecule has 3 aliphatic rings. The minimum absolute atomic E-state index is 0.351. The van der Waals surface area contributed by atoms with E-state index in [-0.39, 0.29) is 0 Å². The molecule has 3 rings (SSSR count). The second kappa shape index (κ2) is 5.16. The fourth-order valence-electron chi connectivity index (χ4n) is 2.75. The second-order valence-electron chi connectivity index (χ2n) is 5.42. The van der Waals surface area contributed by atoms with Crippen molar-refractivity contribution in [2.24, 2.45) is 5.92 Å². The quantitative estimate of drug-likeness (QED) is 0.658. The van der Waals surface area contributed by atoms with Gasteiger partial charge in [-0.1, -0.05) is 31.2 Å². The maximum Gasteiger partial charge on any atom is 0.135 e. The first-order chi connectivity index (χ1) is 10.1. The van der Waals surface area contributed by atoms with Gasteiger partial charge in [-0.2, -0.15) is 0 Å². The monoisotopic (exact) mass is 278 g/mol. The van der Waals surface area contributed by atoms with E-state index in [2.05, 4.69) is 44.4 Å². The summed E-state index contributed by atoms with van der Waals surface area (Å²) in [5.74, 6) is 2.58. The Labute approximate surface area is 125 Å². The molecule has 2 heteroatoms. The molecule has 0 N–H and O–H groups in total. The van der Waals surface area contributed by atoms with Gasteiger partial charge in [-0.05, 0) is 31.1 Å². The molecule has 0 fully saturated rings. The van der Waals surface area contributed by atoms with E-state index in [1.807, 2.05) is 18.2 Å². The highest BCUT2D eigenvalue weighted by Gasteiger charge is 2.26. The van der Waals surface area contributed by atoms with Gasteiger partial charge in [0.2, 0.25) is 0 Å². The van der Waals surface area contributed by atoms with Crippen LogP contribution in [0, 0.1) is 5.92 Å². The highest BCUT2D eigenvalue weighted by molar-refractivity contribution is 5.64. The van der Waals surface area contributed by atoms with Crippen LogP contribution in [0.1, 0.15) is 13.8 Å². The number of hydrogen-bond donors (Lipinski definition) is 0. The molecule has 0 bridgehead atoms. The van der Waals surface area contributed by atoms with Gasteiger partial charge in [0, 0.05) is 22.8 Å². The van der Waals surface area contributed by atoms with Crippen molar-refractivity contribution in [2.75, 3.05) is 7.11 Å². The predicted octanol–water partition coefficient (Wildman–Crippen LogP) is 4.49. The molecule has 2 aliphatic carbocycles. The third kappa shape index (κ3) is 2.46. The standard InChI is InChI=1S/C19H18O2/c1-12-8-13(2)10-19-18(9-12)16-7-5-6-15(20-4)11-17(16)14(3)21-19/h6-12H,3H2,1-2,4H3. The van der Waals surface area contributed by atoms with E-state index in [0.29, 0.717) is 11.7 Å². The molecule has 1 heterocycles. The number of allylic oxidation sites excluding steroid dienone is 7. The topological polar surface area (TPSA) is 18.5 Å². The van der Waals surface area contributed by atoms with Gasteiger partial charge in [0.1, 0.15) is 17.3 Å². The summed E-state index contributed by atoms with van der Waals surface area (Å²) in [6.45, 7) is 8.30. The smallest absolute Gasteiger partial charge is 0.135 e. The molecule has 0 saturated heterocycles. The van der Waals surface area contributed by atoms with Gasteiger partial charge < -0.3 is 9.47 Å². The summed E-state index contributed by atoms with van der Waals surface area (Å²) in [6, 6.07) is 0. The summed E-state index contributed by atoms with van der Waals surface area (Å²) in [6.07, 6.45) is 12.2. The van der Waals surface area contributed by atoms with Crippen molar-refractivity contribution < 1.29 is 9.47 Å². The molecule has 21 heavy (non-hydrogen) atoms. The maximum atomic E-state index is 5.94. The molecule has 0 aromatic carbocycles. The van der Waals surface area contributed by atoms with Crippen molar-refractivity contribution in [3.05, 3.63) is 88.3 Å². The average molecular weight is 278 g/mol. The molecule has 2 nitrogen and oxygen atoms in total. The lowest BCUT2D eigenvalue weighted by Crippen LogP contribution is -2.09. The normalized spacial score (nSPS) is 23.8. The molecule has 0 radical (unpaired) electrons.